The van der Waals surface area contributed by atoms with Gasteiger partial charge in [-0.25, -0.2) is 4.85 Å². The third-order valence-corrected chi connectivity index (χ3v) is 6.67. The maximum absolute atomic E-state index is 13.1. The predicted octanol–water partition coefficient (Wildman–Crippen LogP) is 1.43. The van der Waals surface area contributed by atoms with E-state index in [1.165, 1.54) is 0 Å². The molecule has 3 aliphatic rings. The van der Waals surface area contributed by atoms with Crippen molar-refractivity contribution in [2.24, 2.45) is 5.73 Å². The Bertz CT molecular complexity index is 917. The second-order valence-corrected chi connectivity index (χ2v) is 8.41. The van der Waals surface area contributed by atoms with Crippen LogP contribution in [0.25, 0.3) is 4.85 Å². The molecule has 156 valence electrons. The lowest BCUT2D eigenvalue weighted by molar-refractivity contribution is -0.140. The maximum Gasteiger partial charge on any atom is 0.241 e. The fraction of sp³-hybridized carbons (Fsp3) is 0.545. The Morgan fingerprint density at radius 1 is 1.40 bits per heavy atom. The van der Waals surface area contributed by atoms with Gasteiger partial charge in [-0.15, -0.1) is 0 Å². The number of carbonyl (C=O) groups is 2. The Hall–Kier alpha value is -2.94. The largest absolute Gasteiger partial charge is 0.330 e. The van der Waals surface area contributed by atoms with Crippen LogP contribution in [0, 0.1) is 17.9 Å². The van der Waals surface area contributed by atoms with Crippen LogP contribution in [0.15, 0.2) is 24.3 Å². The van der Waals surface area contributed by atoms with Crippen LogP contribution in [0.3, 0.4) is 0 Å². The molecule has 2 amide bonds. The molecule has 3 saturated heterocycles. The Balaban J connectivity index is 1.39. The normalized spacial score (nSPS) is 27.7. The Kier molecular flexibility index (Phi) is 5.46. The number of rotatable bonds is 5. The first-order valence-corrected chi connectivity index (χ1v) is 10.4. The second-order valence-electron chi connectivity index (χ2n) is 8.41. The third kappa shape index (κ3) is 3.43. The number of hydrogen-bond acceptors (Lipinski definition) is 5. The summed E-state index contributed by atoms with van der Waals surface area (Å²) in [5.74, 6) is -0.122. The highest BCUT2D eigenvalue weighted by molar-refractivity contribution is 5.87. The Morgan fingerprint density at radius 2 is 2.13 bits per heavy atom. The number of carbonyl (C=O) groups excluding carboxylic acids is 2. The Morgan fingerprint density at radius 3 is 2.77 bits per heavy atom. The molecule has 8 nitrogen and oxygen atoms in total. The highest BCUT2D eigenvalue weighted by Crippen LogP contribution is 2.38. The fourth-order valence-electron chi connectivity index (χ4n) is 5.10. The van der Waals surface area contributed by atoms with E-state index in [9.17, 15) is 14.9 Å². The molecule has 3 heterocycles. The van der Waals surface area contributed by atoms with Gasteiger partial charge in [0, 0.05) is 25.7 Å². The van der Waals surface area contributed by atoms with Gasteiger partial charge in [0.15, 0.2) is 5.69 Å². The highest BCUT2D eigenvalue weighted by Gasteiger charge is 2.51. The minimum Gasteiger partial charge on any atom is -0.330 e. The smallest absolute Gasteiger partial charge is 0.241 e. The van der Waals surface area contributed by atoms with Crippen LogP contribution < -0.4 is 5.73 Å². The van der Waals surface area contributed by atoms with Crippen LogP contribution in [-0.4, -0.2) is 70.3 Å². The number of nitriles is 1. The zero-order valence-electron chi connectivity index (χ0n) is 17.1. The zero-order chi connectivity index (χ0) is 21.4. The van der Waals surface area contributed by atoms with Gasteiger partial charge in [0.2, 0.25) is 11.8 Å². The number of fused-ring (bicyclic) bond motifs is 2. The molecule has 30 heavy (non-hydrogen) atoms. The van der Waals surface area contributed by atoms with Crippen molar-refractivity contribution in [2.45, 2.75) is 56.4 Å². The van der Waals surface area contributed by atoms with Crippen LogP contribution in [-0.2, 0) is 9.59 Å². The lowest BCUT2D eigenvalue weighted by Crippen LogP contribution is -2.56. The lowest BCUT2D eigenvalue weighted by atomic mass is 10.0. The molecule has 0 saturated carbocycles. The average Bonchev–Trinajstić information content (AvgIpc) is 3.47. The first kappa shape index (κ1) is 20.3. The van der Waals surface area contributed by atoms with Crippen LogP contribution in [0.2, 0.25) is 0 Å². The molecule has 0 radical (unpaired) electrons. The number of benzene rings is 1. The molecule has 0 aromatic heterocycles. The molecule has 3 aliphatic heterocycles. The summed E-state index contributed by atoms with van der Waals surface area (Å²) in [5, 5.41) is 9.22. The van der Waals surface area contributed by atoms with Gasteiger partial charge in [-0.1, -0.05) is 24.3 Å². The minimum atomic E-state index is -0.724. The zero-order valence-corrected chi connectivity index (χ0v) is 17.1. The maximum atomic E-state index is 13.1. The van der Waals surface area contributed by atoms with E-state index in [1.54, 1.807) is 17.0 Å². The number of amides is 2. The SMILES string of the molecule is [C-]#[N+]c1ccc([C@@H](C)N2C(=O)[C@H]3CC2CN3C[C@H](N)C(=O)N2CCC[C@H]2C#N)cc1. The van der Waals surface area contributed by atoms with Crippen molar-refractivity contribution in [2.75, 3.05) is 19.6 Å². The number of likely N-dealkylation sites (tertiary alicyclic amines) is 3. The molecule has 0 spiro atoms. The summed E-state index contributed by atoms with van der Waals surface area (Å²) in [7, 11) is 0. The molecule has 4 rings (SSSR count). The second kappa shape index (κ2) is 8.06. The summed E-state index contributed by atoms with van der Waals surface area (Å²) >= 11 is 0. The summed E-state index contributed by atoms with van der Waals surface area (Å²) < 4.78 is 0. The van der Waals surface area contributed by atoms with Crippen LogP contribution in [0.4, 0.5) is 5.69 Å². The predicted molar refractivity (Wildman–Crippen MR) is 110 cm³/mol. The number of piperazine rings is 1. The highest BCUT2D eigenvalue weighted by atomic mass is 16.2. The van der Waals surface area contributed by atoms with Crippen molar-refractivity contribution in [3.05, 3.63) is 41.2 Å². The van der Waals surface area contributed by atoms with Crippen LogP contribution >= 0.6 is 0 Å². The standard InChI is InChI=1S/C22H26N6O2/c1-14(15-5-7-16(25-2)8-6-15)28-18-10-20(22(28)30)26(12-18)13-19(24)21(29)27-9-3-4-17(27)11-23/h5-8,14,17-20H,3-4,9-10,12-13,24H2,1H3/t14-,17+,18?,19+,20-/m1/s1. The van der Waals surface area contributed by atoms with E-state index in [-0.39, 0.29) is 36.0 Å². The lowest BCUT2D eigenvalue weighted by Gasteiger charge is -2.38. The molecule has 8 heteroatoms. The van der Waals surface area contributed by atoms with E-state index in [2.05, 4.69) is 10.9 Å². The van der Waals surface area contributed by atoms with Crippen molar-refractivity contribution in [1.82, 2.24) is 14.7 Å². The molecule has 1 aromatic carbocycles. The van der Waals surface area contributed by atoms with Crippen LogP contribution in [0.1, 0.15) is 37.8 Å². The molecule has 5 atom stereocenters. The monoisotopic (exact) mass is 406 g/mol. The molecule has 2 bridgehead atoms. The Labute approximate surface area is 176 Å². The van der Waals surface area contributed by atoms with Crippen molar-refractivity contribution in [3.8, 4) is 6.07 Å². The van der Waals surface area contributed by atoms with Gasteiger partial charge in [-0.2, -0.15) is 5.26 Å². The summed E-state index contributed by atoms with van der Waals surface area (Å²) in [4.78, 5) is 34.7. The van der Waals surface area contributed by atoms with Crippen molar-refractivity contribution in [3.63, 3.8) is 0 Å². The van der Waals surface area contributed by atoms with Gasteiger partial charge in [0.05, 0.1) is 30.8 Å². The van der Waals surface area contributed by atoms with Gasteiger partial charge in [-0.3, -0.25) is 14.5 Å². The van der Waals surface area contributed by atoms with Crippen molar-refractivity contribution >= 4 is 17.5 Å². The fourth-order valence-corrected chi connectivity index (χ4v) is 5.10. The molecular formula is C22H26N6O2. The van der Waals surface area contributed by atoms with Crippen molar-refractivity contribution in [1.29, 1.82) is 5.26 Å². The quantitative estimate of drug-likeness (QED) is 0.746. The van der Waals surface area contributed by atoms with Crippen LogP contribution in [0.5, 0.6) is 0 Å². The summed E-state index contributed by atoms with van der Waals surface area (Å²) in [5.41, 5.74) is 7.79. The van der Waals surface area contributed by atoms with E-state index in [0.29, 0.717) is 31.7 Å². The van der Waals surface area contributed by atoms with Gasteiger partial charge in [0.1, 0.15) is 6.04 Å². The molecular weight excluding hydrogens is 380 g/mol. The molecule has 0 aliphatic carbocycles. The molecule has 2 N–H and O–H groups in total. The van der Waals surface area contributed by atoms with E-state index in [1.807, 2.05) is 28.9 Å². The first-order valence-electron chi connectivity index (χ1n) is 10.4. The third-order valence-electron chi connectivity index (χ3n) is 6.67. The molecule has 1 aromatic rings. The topological polar surface area (TPSA) is 98.0 Å². The molecule has 1 unspecified atom stereocenters. The van der Waals surface area contributed by atoms with Gasteiger partial charge >= 0.3 is 0 Å². The average molecular weight is 406 g/mol. The molecule has 3 fully saturated rings. The van der Waals surface area contributed by atoms with Gasteiger partial charge < -0.3 is 15.5 Å². The number of hydrogen-bond donors (Lipinski definition) is 1. The van der Waals surface area contributed by atoms with E-state index < -0.39 is 6.04 Å². The first-order chi connectivity index (χ1) is 14.4. The van der Waals surface area contributed by atoms with E-state index in [0.717, 1.165) is 18.4 Å². The van der Waals surface area contributed by atoms with E-state index >= 15 is 0 Å². The summed E-state index contributed by atoms with van der Waals surface area (Å²) in [6.07, 6.45) is 2.27. The summed E-state index contributed by atoms with van der Waals surface area (Å²) in [6.45, 7) is 10.7. The van der Waals surface area contributed by atoms with Gasteiger partial charge in [0.25, 0.3) is 0 Å². The van der Waals surface area contributed by atoms with E-state index in [4.69, 9.17) is 12.3 Å². The number of nitrogens with zero attached hydrogens (tertiary/aromatic N) is 5. The van der Waals surface area contributed by atoms with Gasteiger partial charge in [-0.05, 0) is 31.7 Å². The summed E-state index contributed by atoms with van der Waals surface area (Å²) in [6, 6.07) is 8.23. The number of nitrogens with two attached hydrogens (primary N) is 1. The minimum absolute atomic E-state index is 0.0641. The van der Waals surface area contributed by atoms with Crippen molar-refractivity contribution < 1.29 is 9.59 Å².